The number of phenolic OH excluding ortho intramolecular Hbond substituents is 1. The summed E-state index contributed by atoms with van der Waals surface area (Å²) in [4.78, 5) is 4.66. The highest BCUT2D eigenvalue weighted by Gasteiger charge is 2.24. The molecular formula is C24H32N2O2. The molecule has 150 valence electrons. The zero-order valence-electron chi connectivity index (χ0n) is 18.3. The minimum absolute atomic E-state index is 0.0461. The second-order valence-corrected chi connectivity index (χ2v) is 9.53. The maximum Gasteiger partial charge on any atom is 0.216 e. The van der Waals surface area contributed by atoms with E-state index in [0.29, 0.717) is 16.0 Å². The van der Waals surface area contributed by atoms with Crippen molar-refractivity contribution in [1.29, 1.82) is 0 Å². The Morgan fingerprint density at radius 3 is 1.93 bits per heavy atom. The Bertz CT molecular complexity index is 919. The van der Waals surface area contributed by atoms with Crippen molar-refractivity contribution in [3.63, 3.8) is 0 Å². The molecule has 0 unspecified atom stereocenters. The summed E-state index contributed by atoms with van der Waals surface area (Å²) >= 11 is 0. The van der Waals surface area contributed by atoms with Crippen molar-refractivity contribution >= 4 is 24.3 Å². The summed E-state index contributed by atoms with van der Waals surface area (Å²) in [5.41, 5.74) is 5.59. The number of phenols is 1. The lowest BCUT2D eigenvalue weighted by Crippen LogP contribution is -2.17. The van der Waals surface area contributed by atoms with Gasteiger partial charge < -0.3 is 10.3 Å². The SMILES string of the molecule is C=[N+]([O-])c1cc(C)c(/N=C/c2cc(C(C)(C)C)cc(C(C)(C)C)c2O)c(C)c1. The van der Waals surface area contributed by atoms with Crippen LogP contribution in [0.15, 0.2) is 29.3 Å². The monoisotopic (exact) mass is 380 g/mol. The van der Waals surface area contributed by atoms with E-state index in [1.807, 2.05) is 19.9 Å². The second kappa shape index (κ2) is 7.42. The van der Waals surface area contributed by atoms with Crippen molar-refractivity contribution in [1.82, 2.24) is 0 Å². The van der Waals surface area contributed by atoms with Crippen molar-refractivity contribution < 1.29 is 9.85 Å². The molecule has 0 bridgehead atoms. The highest BCUT2D eigenvalue weighted by Crippen LogP contribution is 2.37. The highest BCUT2D eigenvalue weighted by molar-refractivity contribution is 5.87. The van der Waals surface area contributed by atoms with E-state index in [4.69, 9.17) is 0 Å². The highest BCUT2D eigenvalue weighted by atomic mass is 16.5. The molecule has 0 atom stereocenters. The Balaban J connectivity index is 2.62. The predicted octanol–water partition coefficient (Wildman–Crippen LogP) is 6.20. The zero-order valence-corrected chi connectivity index (χ0v) is 18.3. The lowest BCUT2D eigenvalue weighted by atomic mass is 9.79. The molecule has 0 saturated heterocycles. The van der Waals surface area contributed by atoms with E-state index in [9.17, 15) is 10.3 Å². The summed E-state index contributed by atoms with van der Waals surface area (Å²) in [6.45, 7) is 20.0. The fraction of sp³-hybridized carbons (Fsp3) is 0.417. The van der Waals surface area contributed by atoms with E-state index < -0.39 is 0 Å². The third-order valence-corrected chi connectivity index (χ3v) is 4.91. The molecule has 0 amide bonds. The van der Waals surface area contributed by atoms with Crippen LogP contribution in [-0.4, -0.2) is 22.8 Å². The first-order valence-corrected chi connectivity index (χ1v) is 9.53. The van der Waals surface area contributed by atoms with E-state index in [0.717, 1.165) is 27.9 Å². The molecule has 28 heavy (non-hydrogen) atoms. The Morgan fingerprint density at radius 1 is 0.964 bits per heavy atom. The first-order chi connectivity index (χ1) is 12.7. The van der Waals surface area contributed by atoms with Gasteiger partial charge in [0, 0.05) is 29.5 Å². The van der Waals surface area contributed by atoms with Crippen LogP contribution < -0.4 is 0 Å². The number of hydrogen-bond acceptors (Lipinski definition) is 3. The fourth-order valence-corrected chi connectivity index (χ4v) is 3.17. The maximum atomic E-state index is 11.5. The van der Waals surface area contributed by atoms with E-state index in [2.05, 4.69) is 59.3 Å². The molecule has 0 aliphatic carbocycles. The number of aliphatic imine (C=N–C) groups is 1. The average Bonchev–Trinajstić information content (AvgIpc) is 2.52. The normalized spacial score (nSPS) is 12.6. The van der Waals surface area contributed by atoms with Crippen LogP contribution in [0.4, 0.5) is 11.4 Å². The van der Waals surface area contributed by atoms with Gasteiger partial charge >= 0.3 is 0 Å². The molecule has 0 saturated carbocycles. The van der Waals surface area contributed by atoms with Crippen molar-refractivity contribution in [2.45, 2.75) is 66.2 Å². The molecule has 0 aliphatic heterocycles. The van der Waals surface area contributed by atoms with Crippen LogP contribution >= 0.6 is 0 Å². The molecule has 2 aromatic carbocycles. The molecular weight excluding hydrogens is 348 g/mol. The van der Waals surface area contributed by atoms with E-state index >= 15 is 0 Å². The summed E-state index contributed by atoms with van der Waals surface area (Å²) in [6.07, 6.45) is 1.72. The Kier molecular flexibility index (Phi) is 5.74. The molecule has 1 N–H and O–H groups in total. The van der Waals surface area contributed by atoms with Crippen molar-refractivity contribution in [3.8, 4) is 5.75 Å². The van der Waals surface area contributed by atoms with Gasteiger partial charge in [-0.15, -0.1) is 0 Å². The van der Waals surface area contributed by atoms with Gasteiger partial charge in [-0.1, -0.05) is 47.6 Å². The van der Waals surface area contributed by atoms with Gasteiger partial charge in [0.05, 0.1) is 5.69 Å². The number of rotatable bonds is 3. The molecule has 4 heteroatoms. The lowest BCUT2D eigenvalue weighted by Gasteiger charge is -2.27. The molecule has 0 heterocycles. The molecule has 0 radical (unpaired) electrons. The molecule has 0 spiro atoms. The third kappa shape index (κ3) is 4.61. The van der Waals surface area contributed by atoms with Crippen LogP contribution in [0, 0.1) is 19.1 Å². The molecule has 4 nitrogen and oxygen atoms in total. The van der Waals surface area contributed by atoms with E-state index in [-0.39, 0.29) is 16.6 Å². The first kappa shape index (κ1) is 21.7. The number of nitrogens with zero attached hydrogens (tertiary/aromatic N) is 2. The van der Waals surface area contributed by atoms with Gasteiger partial charge in [-0.25, -0.2) is 0 Å². The second-order valence-electron chi connectivity index (χ2n) is 9.53. The van der Waals surface area contributed by atoms with Crippen LogP contribution in [0.2, 0.25) is 0 Å². The van der Waals surface area contributed by atoms with Gasteiger partial charge in [0.25, 0.3) is 0 Å². The van der Waals surface area contributed by atoms with Gasteiger partial charge in [-0.2, -0.15) is 4.74 Å². The van der Waals surface area contributed by atoms with Crippen LogP contribution in [-0.2, 0) is 10.8 Å². The summed E-state index contributed by atoms with van der Waals surface area (Å²) < 4.78 is 0.599. The van der Waals surface area contributed by atoms with E-state index in [1.54, 1.807) is 18.3 Å². The summed E-state index contributed by atoms with van der Waals surface area (Å²) in [7, 11) is 0. The first-order valence-electron chi connectivity index (χ1n) is 9.53. The Labute approximate surface area is 168 Å². The fourth-order valence-electron chi connectivity index (χ4n) is 3.17. The summed E-state index contributed by atoms with van der Waals surface area (Å²) in [6, 6.07) is 7.63. The molecule has 0 fully saturated rings. The smallest absolute Gasteiger partial charge is 0.216 e. The van der Waals surface area contributed by atoms with Gasteiger partial charge in [-0.05, 0) is 47.4 Å². The summed E-state index contributed by atoms with van der Waals surface area (Å²) in [5, 5.41) is 22.4. The predicted molar refractivity (Wildman–Crippen MR) is 119 cm³/mol. The van der Waals surface area contributed by atoms with Crippen molar-refractivity contribution in [2.75, 3.05) is 0 Å². The van der Waals surface area contributed by atoms with Crippen LogP contribution in [0.5, 0.6) is 5.75 Å². The number of hydrogen-bond donors (Lipinski definition) is 1. The molecule has 2 rings (SSSR count). The minimum Gasteiger partial charge on any atom is -0.619 e. The van der Waals surface area contributed by atoms with Gasteiger partial charge in [-0.3, -0.25) is 4.99 Å². The topological polar surface area (TPSA) is 58.7 Å². The number of aryl methyl sites for hydroxylation is 2. The van der Waals surface area contributed by atoms with Crippen LogP contribution in [0.25, 0.3) is 0 Å². The number of benzene rings is 2. The quantitative estimate of drug-likeness (QED) is 0.298. The van der Waals surface area contributed by atoms with Gasteiger partial charge in [0.2, 0.25) is 5.69 Å². The molecule has 0 aromatic heterocycles. The van der Waals surface area contributed by atoms with Crippen LogP contribution in [0.1, 0.15) is 69.4 Å². The Morgan fingerprint density at radius 2 is 1.50 bits per heavy atom. The maximum absolute atomic E-state index is 11.5. The van der Waals surface area contributed by atoms with Gasteiger partial charge in [0.1, 0.15) is 12.5 Å². The largest absolute Gasteiger partial charge is 0.619 e. The molecule has 2 aromatic rings. The van der Waals surface area contributed by atoms with E-state index in [1.165, 1.54) is 0 Å². The third-order valence-electron chi connectivity index (χ3n) is 4.91. The minimum atomic E-state index is -0.187. The zero-order chi connectivity index (χ0) is 21.4. The number of aromatic hydroxyl groups is 1. The van der Waals surface area contributed by atoms with Crippen molar-refractivity contribution in [3.05, 3.63) is 57.3 Å². The lowest BCUT2D eigenvalue weighted by molar-refractivity contribution is -0.349. The molecule has 0 aliphatic rings. The van der Waals surface area contributed by atoms with Gasteiger partial charge in [0.15, 0.2) is 0 Å². The van der Waals surface area contributed by atoms with Crippen molar-refractivity contribution in [2.24, 2.45) is 4.99 Å². The average molecular weight is 381 g/mol. The Hall–Kier alpha value is -2.62. The summed E-state index contributed by atoms with van der Waals surface area (Å²) in [5.74, 6) is 0.264. The van der Waals surface area contributed by atoms with Crippen LogP contribution in [0.3, 0.4) is 0 Å². The standard InChI is InChI=1S/C24H32N2O2/c1-15-10-19(26(9)28)11-16(2)21(15)25-14-17-12-18(23(3,4)5)13-20(22(17)27)24(6,7)8/h10-14,27H,9H2,1-8H3/b25-14+.